The highest BCUT2D eigenvalue weighted by Crippen LogP contribution is 2.33. The first kappa shape index (κ1) is 17.7. The Balaban J connectivity index is 1.67. The number of amides is 1. The van der Waals surface area contributed by atoms with E-state index >= 15 is 0 Å². The molecule has 1 aliphatic rings. The molecule has 1 amide bonds. The second-order valence-corrected chi connectivity index (χ2v) is 6.80. The maximum Gasteiger partial charge on any atom is 0.269 e. The van der Waals surface area contributed by atoms with Crippen LogP contribution >= 0.6 is 0 Å². The predicted octanol–water partition coefficient (Wildman–Crippen LogP) is 3.42. The summed E-state index contributed by atoms with van der Waals surface area (Å²) in [4.78, 5) is 12.6. The van der Waals surface area contributed by atoms with Gasteiger partial charge in [0.1, 0.15) is 5.69 Å². The van der Waals surface area contributed by atoms with E-state index in [1.807, 2.05) is 19.9 Å². The molecule has 3 rings (SSSR count). The summed E-state index contributed by atoms with van der Waals surface area (Å²) < 4.78 is 7.78. The molecular formula is C20H27N3O2. The summed E-state index contributed by atoms with van der Waals surface area (Å²) in [6.07, 6.45) is 2.15. The number of nitrogens with one attached hydrogen (secondary N) is 1. The predicted molar refractivity (Wildman–Crippen MR) is 97.6 cm³/mol. The van der Waals surface area contributed by atoms with Crippen molar-refractivity contribution in [2.45, 2.75) is 46.3 Å². The van der Waals surface area contributed by atoms with Gasteiger partial charge in [0, 0.05) is 25.6 Å². The Morgan fingerprint density at radius 1 is 1.32 bits per heavy atom. The number of aromatic nitrogens is 2. The molecule has 0 saturated carbocycles. The van der Waals surface area contributed by atoms with Crippen molar-refractivity contribution in [1.29, 1.82) is 0 Å². The van der Waals surface area contributed by atoms with Crippen molar-refractivity contribution in [2.24, 2.45) is 5.92 Å². The number of aryl methyl sites for hydroxylation is 3. The van der Waals surface area contributed by atoms with Gasteiger partial charge in [-0.05, 0) is 45.2 Å². The zero-order valence-corrected chi connectivity index (χ0v) is 15.3. The Morgan fingerprint density at radius 2 is 2.08 bits per heavy atom. The van der Waals surface area contributed by atoms with Gasteiger partial charge in [0.25, 0.3) is 5.91 Å². The average molecular weight is 341 g/mol. The highest BCUT2D eigenvalue weighted by Gasteiger charge is 2.28. The molecule has 1 fully saturated rings. The van der Waals surface area contributed by atoms with Crippen molar-refractivity contribution in [2.75, 3.05) is 13.2 Å². The highest BCUT2D eigenvalue weighted by molar-refractivity contribution is 5.92. The first-order chi connectivity index (χ1) is 12.1. The van der Waals surface area contributed by atoms with Crippen LogP contribution in [0.15, 0.2) is 30.3 Å². The van der Waals surface area contributed by atoms with E-state index < -0.39 is 0 Å². The first-order valence-electron chi connectivity index (χ1n) is 9.09. The van der Waals surface area contributed by atoms with Crippen molar-refractivity contribution < 1.29 is 9.53 Å². The summed E-state index contributed by atoms with van der Waals surface area (Å²) in [7, 11) is 0. The van der Waals surface area contributed by atoms with Crippen molar-refractivity contribution in [3.8, 4) is 0 Å². The van der Waals surface area contributed by atoms with Crippen molar-refractivity contribution >= 4 is 5.91 Å². The third-order valence-electron chi connectivity index (χ3n) is 4.81. The normalized spacial score (nSPS) is 20.4. The molecule has 25 heavy (non-hydrogen) atoms. The Hall–Kier alpha value is -2.14. The van der Waals surface area contributed by atoms with Crippen LogP contribution in [-0.2, 0) is 11.3 Å². The molecule has 0 radical (unpaired) electrons. The van der Waals surface area contributed by atoms with E-state index in [1.54, 1.807) is 4.68 Å². The van der Waals surface area contributed by atoms with Crippen molar-refractivity contribution in [3.05, 3.63) is 52.8 Å². The third kappa shape index (κ3) is 4.10. The number of carbonyl (C=O) groups excluding carboxylic acids is 1. The maximum absolute atomic E-state index is 12.6. The van der Waals surface area contributed by atoms with Crippen molar-refractivity contribution in [3.63, 3.8) is 0 Å². The van der Waals surface area contributed by atoms with Crippen LogP contribution in [-0.4, -0.2) is 28.8 Å². The molecule has 134 valence electrons. The van der Waals surface area contributed by atoms with Gasteiger partial charge in [-0.3, -0.25) is 9.48 Å². The summed E-state index contributed by atoms with van der Waals surface area (Å²) in [6.45, 7) is 8.07. The number of carbonyl (C=O) groups is 1. The SMILES string of the molecule is CCn1nc(C)cc1C(=O)NC[C@H]1CCCO[C@H]1c1ccc(C)cc1. The summed E-state index contributed by atoms with van der Waals surface area (Å²) in [5, 5.41) is 7.43. The maximum atomic E-state index is 12.6. The minimum absolute atomic E-state index is 0.0486. The van der Waals surface area contributed by atoms with Gasteiger partial charge in [-0.1, -0.05) is 29.8 Å². The number of benzene rings is 1. The lowest BCUT2D eigenvalue weighted by molar-refractivity contribution is -0.0272. The molecule has 0 bridgehead atoms. The van der Waals surface area contributed by atoms with E-state index in [0.717, 1.165) is 25.1 Å². The molecule has 2 aromatic rings. The Morgan fingerprint density at radius 3 is 2.80 bits per heavy atom. The van der Waals surface area contributed by atoms with Crippen LogP contribution in [0.1, 0.15) is 53.2 Å². The van der Waals surface area contributed by atoms with Crippen molar-refractivity contribution in [1.82, 2.24) is 15.1 Å². The molecular weight excluding hydrogens is 314 g/mol. The smallest absolute Gasteiger partial charge is 0.269 e. The molecule has 5 nitrogen and oxygen atoms in total. The monoisotopic (exact) mass is 341 g/mol. The van der Waals surface area contributed by atoms with Gasteiger partial charge < -0.3 is 10.1 Å². The van der Waals surface area contributed by atoms with Crippen LogP contribution in [0.5, 0.6) is 0 Å². The zero-order valence-electron chi connectivity index (χ0n) is 15.3. The lowest BCUT2D eigenvalue weighted by Crippen LogP contribution is -2.36. The molecule has 1 aliphatic heterocycles. The lowest BCUT2D eigenvalue weighted by Gasteiger charge is -2.32. The second kappa shape index (κ2) is 7.83. The second-order valence-electron chi connectivity index (χ2n) is 6.80. The number of nitrogens with zero attached hydrogens (tertiary/aromatic N) is 2. The fraction of sp³-hybridized carbons (Fsp3) is 0.500. The van der Waals surface area contributed by atoms with Gasteiger partial charge >= 0.3 is 0 Å². The number of hydrogen-bond acceptors (Lipinski definition) is 3. The first-order valence-corrected chi connectivity index (χ1v) is 9.09. The van der Waals surface area contributed by atoms with Crippen LogP contribution in [0, 0.1) is 19.8 Å². The molecule has 1 saturated heterocycles. The number of ether oxygens (including phenoxy) is 1. The summed E-state index contributed by atoms with van der Waals surface area (Å²) in [6, 6.07) is 10.3. The molecule has 2 atom stereocenters. The Labute approximate surface area is 149 Å². The number of hydrogen-bond donors (Lipinski definition) is 1. The van der Waals surface area contributed by atoms with Gasteiger partial charge in [-0.25, -0.2) is 0 Å². The Kier molecular flexibility index (Phi) is 5.53. The van der Waals surface area contributed by atoms with E-state index in [2.05, 4.69) is 41.6 Å². The van der Waals surface area contributed by atoms with Gasteiger partial charge in [0.05, 0.1) is 11.8 Å². The summed E-state index contributed by atoms with van der Waals surface area (Å²) >= 11 is 0. The van der Waals surface area contributed by atoms with E-state index in [1.165, 1.54) is 11.1 Å². The molecule has 0 spiro atoms. The van der Waals surface area contributed by atoms with Crippen LogP contribution in [0.4, 0.5) is 0 Å². The molecule has 2 heterocycles. The largest absolute Gasteiger partial charge is 0.373 e. The molecule has 5 heteroatoms. The van der Waals surface area contributed by atoms with E-state index in [-0.39, 0.29) is 12.0 Å². The van der Waals surface area contributed by atoms with Gasteiger partial charge in [-0.2, -0.15) is 5.10 Å². The molecule has 1 aromatic carbocycles. The van der Waals surface area contributed by atoms with Crippen LogP contribution < -0.4 is 5.32 Å². The minimum atomic E-state index is -0.0596. The topological polar surface area (TPSA) is 56.2 Å². The summed E-state index contributed by atoms with van der Waals surface area (Å²) in [5.41, 5.74) is 3.93. The molecule has 0 unspecified atom stereocenters. The van der Waals surface area contributed by atoms with Crippen LogP contribution in [0.3, 0.4) is 0 Å². The van der Waals surface area contributed by atoms with Gasteiger partial charge in [-0.15, -0.1) is 0 Å². The molecule has 1 aromatic heterocycles. The fourth-order valence-electron chi connectivity index (χ4n) is 3.46. The van der Waals surface area contributed by atoms with Crippen LogP contribution in [0.2, 0.25) is 0 Å². The highest BCUT2D eigenvalue weighted by atomic mass is 16.5. The van der Waals surface area contributed by atoms with Gasteiger partial charge in [0.15, 0.2) is 0 Å². The standard InChI is InChI=1S/C20H27N3O2/c1-4-23-18(12-15(3)22-23)20(24)21-13-17-6-5-11-25-19(17)16-9-7-14(2)8-10-16/h7-10,12,17,19H,4-6,11,13H2,1-3H3,(H,21,24)/t17-,19+/m1/s1. The van der Waals surface area contributed by atoms with E-state index in [9.17, 15) is 4.79 Å². The summed E-state index contributed by atoms with van der Waals surface area (Å²) in [5.74, 6) is 0.232. The van der Waals surface area contributed by atoms with Crippen LogP contribution in [0.25, 0.3) is 0 Å². The third-order valence-corrected chi connectivity index (χ3v) is 4.81. The molecule has 1 N–H and O–H groups in total. The average Bonchev–Trinajstić information content (AvgIpc) is 3.02. The lowest BCUT2D eigenvalue weighted by atomic mass is 9.89. The quantitative estimate of drug-likeness (QED) is 0.906. The minimum Gasteiger partial charge on any atom is -0.373 e. The van der Waals surface area contributed by atoms with E-state index in [0.29, 0.717) is 24.7 Å². The number of rotatable bonds is 5. The zero-order chi connectivity index (χ0) is 17.8. The van der Waals surface area contributed by atoms with Gasteiger partial charge in [0.2, 0.25) is 0 Å². The fourth-order valence-corrected chi connectivity index (χ4v) is 3.46. The molecule has 0 aliphatic carbocycles. The van der Waals surface area contributed by atoms with E-state index in [4.69, 9.17) is 4.74 Å². The Bertz CT molecular complexity index is 721.